The summed E-state index contributed by atoms with van der Waals surface area (Å²) < 4.78 is 31.5. The molecule has 0 bridgehead atoms. The maximum Gasteiger partial charge on any atom is 0.255 e. The summed E-state index contributed by atoms with van der Waals surface area (Å²) in [5.41, 5.74) is 1.61. The molecule has 0 spiro atoms. The highest BCUT2D eigenvalue weighted by molar-refractivity contribution is 6.10. The van der Waals surface area contributed by atoms with Crippen LogP contribution in [0.15, 0.2) is 66.9 Å². The van der Waals surface area contributed by atoms with Crippen LogP contribution < -0.4 is 20.3 Å². The van der Waals surface area contributed by atoms with Crippen molar-refractivity contribution in [2.75, 3.05) is 48.4 Å². The van der Waals surface area contributed by atoms with Crippen LogP contribution in [-0.4, -0.2) is 55.0 Å². The van der Waals surface area contributed by atoms with E-state index in [1.807, 2.05) is 24.3 Å². The lowest BCUT2D eigenvalue weighted by molar-refractivity contribution is -0.0300. The zero-order chi connectivity index (χ0) is 27.3. The van der Waals surface area contributed by atoms with Crippen LogP contribution in [-0.2, 0) is 9.47 Å². The number of carbonyl (C=O) groups excluding carboxylic acids is 1. The van der Waals surface area contributed by atoms with E-state index in [2.05, 4.69) is 25.5 Å². The van der Waals surface area contributed by atoms with Gasteiger partial charge in [0.15, 0.2) is 6.29 Å². The fourth-order valence-electron chi connectivity index (χ4n) is 5.00. The van der Waals surface area contributed by atoms with Gasteiger partial charge in [-0.25, -0.2) is 9.37 Å². The molecule has 10 heteroatoms. The van der Waals surface area contributed by atoms with Gasteiger partial charge in [-0.1, -0.05) is 24.3 Å². The molecule has 206 valence electrons. The third kappa shape index (κ3) is 5.98. The first-order valence-electron chi connectivity index (χ1n) is 13.5. The molecule has 9 nitrogen and oxygen atoms in total. The molecule has 0 radical (unpaired) electrons. The van der Waals surface area contributed by atoms with E-state index in [1.54, 1.807) is 30.5 Å². The van der Waals surface area contributed by atoms with Gasteiger partial charge in [0.1, 0.15) is 11.6 Å². The van der Waals surface area contributed by atoms with E-state index in [9.17, 15) is 9.18 Å². The molecule has 2 fully saturated rings. The number of halogens is 1. The number of nitrogens with one attached hydrogen (secondary N) is 2. The standard InChI is InChI=1S/C30H30FN5O4/c31-21-16-20(17-22(18-21)36-12-4-1-5-13-36)29(37)34-25-8-9-26(24-7-3-2-6-23(24)25)40-27-10-11-32-30(35-27)33-19-28-38-14-15-39-28/h2-3,6-11,16-18,28H,1,4-5,12-15,19H2,(H,34,37)(H,32,33,35). The molecule has 0 unspecified atom stereocenters. The Hall–Kier alpha value is -4.28. The van der Waals surface area contributed by atoms with Gasteiger partial charge in [0, 0.05) is 53.1 Å². The van der Waals surface area contributed by atoms with Crippen LogP contribution in [0.4, 0.5) is 21.7 Å². The molecule has 4 aromatic rings. The van der Waals surface area contributed by atoms with Crippen LogP contribution in [0.2, 0.25) is 0 Å². The predicted molar refractivity (Wildman–Crippen MR) is 151 cm³/mol. The summed E-state index contributed by atoms with van der Waals surface area (Å²) in [6.07, 6.45) is 4.58. The first kappa shape index (κ1) is 26.0. The number of aromatic nitrogens is 2. The van der Waals surface area contributed by atoms with Gasteiger partial charge in [0.25, 0.3) is 5.91 Å². The zero-order valence-electron chi connectivity index (χ0n) is 21.9. The van der Waals surface area contributed by atoms with Crippen molar-refractivity contribution in [1.29, 1.82) is 0 Å². The molecule has 6 rings (SSSR count). The molecule has 0 saturated carbocycles. The number of hydrogen-bond acceptors (Lipinski definition) is 8. The second kappa shape index (κ2) is 11.8. The minimum Gasteiger partial charge on any atom is -0.438 e. The van der Waals surface area contributed by atoms with E-state index in [4.69, 9.17) is 14.2 Å². The van der Waals surface area contributed by atoms with Gasteiger partial charge in [-0.15, -0.1) is 0 Å². The van der Waals surface area contributed by atoms with Crippen LogP contribution in [0.5, 0.6) is 11.6 Å². The van der Waals surface area contributed by atoms with E-state index in [-0.39, 0.29) is 17.8 Å². The molecule has 2 N–H and O–H groups in total. The number of rotatable bonds is 8. The average Bonchev–Trinajstić information content (AvgIpc) is 3.52. The number of benzene rings is 3. The largest absolute Gasteiger partial charge is 0.438 e. The van der Waals surface area contributed by atoms with Crippen molar-refractivity contribution in [2.45, 2.75) is 25.6 Å². The summed E-state index contributed by atoms with van der Waals surface area (Å²) in [5.74, 6) is 0.516. The molecule has 1 amide bonds. The topological polar surface area (TPSA) is 97.8 Å². The minimum atomic E-state index is -0.427. The second-order valence-electron chi connectivity index (χ2n) is 9.73. The molecule has 2 aliphatic heterocycles. The van der Waals surface area contributed by atoms with Gasteiger partial charge in [-0.2, -0.15) is 4.98 Å². The smallest absolute Gasteiger partial charge is 0.255 e. The van der Waals surface area contributed by atoms with E-state index < -0.39 is 5.82 Å². The lowest BCUT2D eigenvalue weighted by Gasteiger charge is -2.29. The van der Waals surface area contributed by atoms with Crippen LogP contribution in [0.1, 0.15) is 29.6 Å². The first-order chi connectivity index (χ1) is 19.6. The summed E-state index contributed by atoms with van der Waals surface area (Å²) in [6, 6.07) is 17.3. The second-order valence-corrected chi connectivity index (χ2v) is 9.73. The normalized spacial score (nSPS) is 15.8. The third-order valence-corrected chi connectivity index (χ3v) is 6.96. The third-order valence-electron chi connectivity index (χ3n) is 6.96. The monoisotopic (exact) mass is 543 g/mol. The van der Waals surface area contributed by atoms with Crippen LogP contribution in [0.25, 0.3) is 10.8 Å². The summed E-state index contributed by atoms with van der Waals surface area (Å²) in [7, 11) is 0. The summed E-state index contributed by atoms with van der Waals surface area (Å²) >= 11 is 0. The Morgan fingerprint density at radius 2 is 1.80 bits per heavy atom. The Morgan fingerprint density at radius 3 is 2.62 bits per heavy atom. The number of ether oxygens (including phenoxy) is 3. The Morgan fingerprint density at radius 1 is 1.00 bits per heavy atom. The number of anilines is 3. The average molecular weight is 544 g/mol. The van der Waals surface area contributed by atoms with Crippen LogP contribution in [0.3, 0.4) is 0 Å². The molecule has 1 aromatic heterocycles. The molecule has 40 heavy (non-hydrogen) atoms. The van der Waals surface area contributed by atoms with E-state index in [1.165, 1.54) is 18.6 Å². The summed E-state index contributed by atoms with van der Waals surface area (Å²) in [4.78, 5) is 24.0. The van der Waals surface area contributed by atoms with Crippen molar-refractivity contribution < 1.29 is 23.4 Å². The fraction of sp³-hybridized carbons (Fsp3) is 0.300. The van der Waals surface area contributed by atoms with Crippen LogP contribution >= 0.6 is 0 Å². The molecule has 0 atom stereocenters. The first-order valence-corrected chi connectivity index (χ1v) is 13.5. The van der Waals surface area contributed by atoms with Crippen molar-refractivity contribution in [3.8, 4) is 11.6 Å². The highest BCUT2D eigenvalue weighted by Crippen LogP contribution is 2.34. The molecule has 2 saturated heterocycles. The fourth-order valence-corrected chi connectivity index (χ4v) is 5.00. The van der Waals surface area contributed by atoms with E-state index in [0.717, 1.165) is 42.4 Å². The SMILES string of the molecule is O=C(Nc1ccc(Oc2ccnc(NCC3OCCO3)n2)c2ccccc12)c1cc(F)cc(N2CCCCC2)c1. The number of carbonyl (C=O) groups is 1. The Kier molecular flexibility index (Phi) is 7.69. The number of piperidine rings is 1. The van der Waals surface area contributed by atoms with Gasteiger partial charge < -0.3 is 29.7 Å². The van der Waals surface area contributed by atoms with Gasteiger partial charge in [-0.3, -0.25) is 4.79 Å². The van der Waals surface area contributed by atoms with Crippen molar-refractivity contribution in [3.05, 3.63) is 78.2 Å². The Labute approximate surface area is 231 Å². The predicted octanol–water partition coefficient (Wildman–Crippen LogP) is 5.59. The van der Waals surface area contributed by atoms with Crippen molar-refractivity contribution in [3.63, 3.8) is 0 Å². The summed E-state index contributed by atoms with van der Waals surface area (Å²) in [5, 5.41) is 7.63. The number of hydrogen-bond donors (Lipinski definition) is 2. The van der Waals surface area contributed by atoms with Crippen LogP contribution in [0, 0.1) is 5.82 Å². The maximum atomic E-state index is 14.5. The minimum absolute atomic E-state index is 0.277. The Bertz CT molecular complexity index is 1500. The van der Waals surface area contributed by atoms with Gasteiger partial charge >= 0.3 is 0 Å². The van der Waals surface area contributed by atoms with Gasteiger partial charge in [-0.05, 0) is 49.6 Å². The Balaban J connectivity index is 1.20. The highest BCUT2D eigenvalue weighted by Gasteiger charge is 2.18. The molecular formula is C30H30FN5O4. The van der Waals surface area contributed by atoms with Crippen molar-refractivity contribution in [2.24, 2.45) is 0 Å². The zero-order valence-corrected chi connectivity index (χ0v) is 21.9. The van der Waals surface area contributed by atoms with Crippen molar-refractivity contribution in [1.82, 2.24) is 9.97 Å². The van der Waals surface area contributed by atoms with Crippen molar-refractivity contribution >= 4 is 34.0 Å². The molecule has 3 heterocycles. The highest BCUT2D eigenvalue weighted by atomic mass is 19.1. The number of amides is 1. The lowest BCUT2D eigenvalue weighted by atomic mass is 10.1. The molecular weight excluding hydrogens is 513 g/mol. The summed E-state index contributed by atoms with van der Waals surface area (Å²) in [6.45, 7) is 3.29. The molecule has 2 aliphatic rings. The van der Waals surface area contributed by atoms with Gasteiger partial charge in [0.05, 0.1) is 19.8 Å². The quantitative estimate of drug-likeness (QED) is 0.297. The van der Waals surface area contributed by atoms with E-state index in [0.29, 0.717) is 43.0 Å². The lowest BCUT2D eigenvalue weighted by Crippen LogP contribution is -2.29. The maximum absolute atomic E-state index is 14.5. The van der Waals surface area contributed by atoms with Gasteiger partial charge in [0.2, 0.25) is 11.8 Å². The molecule has 3 aromatic carbocycles. The molecule has 0 aliphatic carbocycles. The van der Waals surface area contributed by atoms with E-state index >= 15 is 0 Å². The number of fused-ring (bicyclic) bond motifs is 1. The number of nitrogens with zero attached hydrogens (tertiary/aromatic N) is 3.